The first-order valence-corrected chi connectivity index (χ1v) is 9.06. The zero-order valence-electron chi connectivity index (χ0n) is 13.2. The van der Waals surface area contributed by atoms with Crippen molar-refractivity contribution < 1.29 is 17.2 Å². The van der Waals surface area contributed by atoms with E-state index in [1.54, 1.807) is 54.6 Å². The molecule has 25 heavy (non-hydrogen) atoms. The van der Waals surface area contributed by atoms with Crippen molar-refractivity contribution in [1.82, 2.24) is 0 Å². The van der Waals surface area contributed by atoms with Gasteiger partial charge in [-0.25, -0.2) is 9.71 Å². The van der Waals surface area contributed by atoms with Crippen molar-refractivity contribution in [3.63, 3.8) is 0 Å². The summed E-state index contributed by atoms with van der Waals surface area (Å²) in [6.45, 7) is 0. The second-order valence-electron chi connectivity index (χ2n) is 5.29. The van der Waals surface area contributed by atoms with Crippen LogP contribution in [0.25, 0.3) is 0 Å². The van der Waals surface area contributed by atoms with Gasteiger partial charge in [0.05, 0.1) is 5.56 Å². The molecule has 3 aromatic rings. The summed E-state index contributed by atoms with van der Waals surface area (Å²) in [5, 5.41) is 2.95. The van der Waals surface area contributed by atoms with Crippen LogP contribution in [0.2, 0.25) is 0 Å². The van der Waals surface area contributed by atoms with E-state index in [0.29, 0.717) is 11.3 Å². The molecule has 3 rings (SSSR count). The first kappa shape index (κ1) is 16.9. The van der Waals surface area contributed by atoms with E-state index in [1.165, 1.54) is 24.3 Å². The minimum absolute atomic E-state index is 0.143. The first-order valence-electron chi connectivity index (χ1n) is 7.57. The number of hydrogen-bond donors (Lipinski definition) is 2. The molecule has 0 amide bonds. The molecule has 0 aliphatic carbocycles. The van der Waals surface area contributed by atoms with Gasteiger partial charge in [-0.2, -0.15) is 12.8 Å². The molecule has 126 valence electrons. The molecular weight excluding hydrogens is 339 g/mol. The maximum absolute atomic E-state index is 13.4. The number of anilines is 1. The van der Waals surface area contributed by atoms with Gasteiger partial charge in [0, 0.05) is 6.07 Å². The molecule has 6 heteroatoms. The third kappa shape index (κ3) is 4.30. The van der Waals surface area contributed by atoms with Crippen LogP contribution in [0.4, 0.5) is 10.1 Å². The highest BCUT2D eigenvalue weighted by Gasteiger charge is 2.20. The average Bonchev–Trinajstić information content (AvgIpc) is 2.63. The van der Waals surface area contributed by atoms with Gasteiger partial charge in [-0.3, -0.25) is 0 Å². The van der Waals surface area contributed by atoms with Crippen molar-refractivity contribution in [1.29, 1.82) is 0 Å². The van der Waals surface area contributed by atoms with Crippen LogP contribution < -0.4 is 9.71 Å². The molecule has 0 saturated heterocycles. The molecule has 0 unspecified atom stereocenters. The SMILES string of the molecule is O=S(=O)([NH+]=C(Nc1cccc(F)c1)c1ccccc1)c1ccccc1. The van der Waals surface area contributed by atoms with Crippen molar-refractivity contribution in [3.8, 4) is 0 Å². The number of rotatable bonds is 4. The Bertz CT molecular complexity index is 988. The average molecular weight is 355 g/mol. The smallest absolute Gasteiger partial charge is 0.240 e. The van der Waals surface area contributed by atoms with Gasteiger partial charge < -0.3 is 0 Å². The van der Waals surface area contributed by atoms with Crippen molar-refractivity contribution in [2.24, 2.45) is 0 Å². The van der Waals surface area contributed by atoms with E-state index in [2.05, 4.69) is 9.71 Å². The lowest BCUT2D eigenvalue weighted by molar-refractivity contribution is -0.266. The van der Waals surface area contributed by atoms with E-state index in [1.807, 2.05) is 6.07 Å². The number of benzene rings is 3. The van der Waals surface area contributed by atoms with Gasteiger partial charge in [-0.1, -0.05) is 42.5 Å². The standard InChI is InChI=1S/C19H15FN2O2S/c20-16-10-7-11-17(14-16)21-19(15-8-3-1-4-9-15)22-25(23,24)18-12-5-2-6-13-18/h1-14H,(H,21,22)/p+1. The van der Waals surface area contributed by atoms with Crippen LogP contribution >= 0.6 is 0 Å². The molecule has 4 nitrogen and oxygen atoms in total. The van der Waals surface area contributed by atoms with Crippen LogP contribution in [0.15, 0.2) is 89.8 Å². The molecule has 0 spiro atoms. The summed E-state index contributed by atoms with van der Waals surface area (Å²) in [7, 11) is -3.78. The number of nitrogens with one attached hydrogen (secondary N) is 2. The molecule has 2 N–H and O–H groups in total. The molecule has 0 bridgehead atoms. The maximum atomic E-state index is 13.4. The zero-order valence-corrected chi connectivity index (χ0v) is 14.0. The van der Waals surface area contributed by atoms with E-state index in [0.717, 1.165) is 0 Å². The summed E-state index contributed by atoms with van der Waals surface area (Å²) in [5.74, 6) is -0.168. The van der Waals surface area contributed by atoms with Crippen molar-refractivity contribution >= 4 is 21.5 Å². The Morgan fingerprint density at radius 2 is 1.48 bits per heavy atom. The van der Waals surface area contributed by atoms with Gasteiger partial charge in [0.1, 0.15) is 16.4 Å². The lowest BCUT2D eigenvalue weighted by Gasteiger charge is -2.05. The Hall–Kier alpha value is -2.99. The quantitative estimate of drug-likeness (QED) is 0.557. The van der Waals surface area contributed by atoms with E-state index in [9.17, 15) is 12.8 Å². The Labute approximate surface area is 145 Å². The Morgan fingerprint density at radius 1 is 0.840 bits per heavy atom. The van der Waals surface area contributed by atoms with Crippen LogP contribution in [-0.4, -0.2) is 14.3 Å². The predicted octanol–water partition coefficient (Wildman–Crippen LogP) is 2.15. The van der Waals surface area contributed by atoms with Gasteiger partial charge in [0.25, 0.3) is 5.84 Å². The summed E-state index contributed by atoms with van der Waals surface area (Å²) in [5.41, 5.74) is 1.07. The second kappa shape index (κ2) is 7.27. The highest BCUT2D eigenvalue weighted by atomic mass is 32.2. The van der Waals surface area contributed by atoms with Gasteiger partial charge in [-0.05, 0) is 36.4 Å². The van der Waals surface area contributed by atoms with Crippen LogP contribution in [-0.2, 0) is 10.0 Å². The maximum Gasteiger partial charge on any atom is 0.328 e. The number of hydrogen-bond acceptors (Lipinski definition) is 2. The van der Waals surface area contributed by atoms with Crippen LogP contribution in [0.5, 0.6) is 0 Å². The van der Waals surface area contributed by atoms with E-state index in [-0.39, 0.29) is 10.7 Å². The minimum atomic E-state index is -3.78. The third-order valence-electron chi connectivity index (χ3n) is 3.45. The monoisotopic (exact) mass is 355 g/mol. The second-order valence-corrected chi connectivity index (χ2v) is 6.98. The van der Waals surface area contributed by atoms with Crippen molar-refractivity contribution in [2.75, 3.05) is 5.32 Å². The first-order chi connectivity index (χ1) is 12.0. The molecule has 0 fully saturated rings. The summed E-state index contributed by atoms with van der Waals surface area (Å²) in [4.78, 5) is 0.143. The lowest BCUT2D eigenvalue weighted by atomic mass is 10.2. The summed E-state index contributed by atoms with van der Waals surface area (Å²) < 4.78 is 41.2. The van der Waals surface area contributed by atoms with Gasteiger partial charge in [-0.15, -0.1) is 0 Å². The molecule has 0 saturated carbocycles. The summed E-state index contributed by atoms with van der Waals surface area (Å²) in [6, 6.07) is 22.8. The molecule has 0 aliphatic rings. The Kier molecular flexibility index (Phi) is 4.90. The van der Waals surface area contributed by atoms with Crippen LogP contribution in [0, 0.1) is 5.82 Å². The molecule has 0 atom stereocenters. The van der Waals surface area contributed by atoms with Crippen LogP contribution in [0.3, 0.4) is 0 Å². The fraction of sp³-hybridized carbons (Fsp3) is 0. The molecule has 0 aliphatic heterocycles. The lowest BCUT2D eigenvalue weighted by Crippen LogP contribution is -2.78. The highest BCUT2D eigenvalue weighted by Crippen LogP contribution is 2.11. The normalized spacial score (nSPS) is 12.0. The van der Waals surface area contributed by atoms with Crippen molar-refractivity contribution in [3.05, 3.63) is 96.3 Å². The third-order valence-corrected chi connectivity index (χ3v) is 4.81. The minimum Gasteiger partial charge on any atom is -0.240 e. The van der Waals surface area contributed by atoms with Gasteiger partial charge in [0.15, 0.2) is 0 Å². The largest absolute Gasteiger partial charge is 0.328 e. The van der Waals surface area contributed by atoms with Crippen LogP contribution in [0.1, 0.15) is 5.56 Å². The van der Waals surface area contributed by atoms with E-state index in [4.69, 9.17) is 0 Å². The van der Waals surface area contributed by atoms with E-state index < -0.39 is 15.8 Å². The Morgan fingerprint density at radius 3 is 2.12 bits per heavy atom. The molecule has 3 aromatic carbocycles. The topological polar surface area (TPSA) is 60.1 Å². The molecule has 0 aromatic heterocycles. The number of sulfonamides is 1. The molecule has 0 radical (unpaired) electrons. The summed E-state index contributed by atoms with van der Waals surface area (Å²) in [6.07, 6.45) is 0. The van der Waals surface area contributed by atoms with E-state index >= 15 is 0 Å². The fourth-order valence-electron chi connectivity index (χ4n) is 2.26. The molecule has 0 heterocycles. The zero-order chi connectivity index (χ0) is 17.7. The van der Waals surface area contributed by atoms with Gasteiger partial charge >= 0.3 is 10.0 Å². The summed E-state index contributed by atoms with van der Waals surface area (Å²) >= 11 is 0. The van der Waals surface area contributed by atoms with Crippen molar-refractivity contribution in [2.45, 2.75) is 4.90 Å². The number of halogens is 1. The molecular formula is C19H16FN2O2S+. The number of amidine groups is 1. The predicted molar refractivity (Wildman–Crippen MR) is 95.2 cm³/mol. The highest BCUT2D eigenvalue weighted by molar-refractivity contribution is 7.84. The Balaban J connectivity index is 2.05. The fourth-order valence-corrected chi connectivity index (χ4v) is 3.34. The van der Waals surface area contributed by atoms with Gasteiger partial charge in [0.2, 0.25) is 0 Å².